The summed E-state index contributed by atoms with van der Waals surface area (Å²) in [6.07, 6.45) is 5.03. The highest BCUT2D eigenvalue weighted by Gasteiger charge is 2.42. The van der Waals surface area contributed by atoms with E-state index in [4.69, 9.17) is 0 Å². The number of piperidine rings is 1. The molecular weight excluding hydrogens is 244 g/mol. The standard InChI is InChI=1S/C14H18N2O3/c1-2-14(13(18)19)6-4-8-16(10-14)12(17)11-5-3-7-15-9-11/h3,5,7,9H,2,4,6,8,10H2,1H3,(H,18,19). The van der Waals surface area contributed by atoms with Gasteiger partial charge in [-0.15, -0.1) is 0 Å². The van der Waals surface area contributed by atoms with Crippen LogP contribution < -0.4 is 0 Å². The number of hydrogen-bond donors (Lipinski definition) is 1. The molecule has 1 fully saturated rings. The maximum Gasteiger partial charge on any atom is 0.311 e. The van der Waals surface area contributed by atoms with Crippen molar-refractivity contribution in [2.75, 3.05) is 13.1 Å². The van der Waals surface area contributed by atoms with Gasteiger partial charge in [0.05, 0.1) is 11.0 Å². The molecule has 1 aromatic heterocycles. The smallest absolute Gasteiger partial charge is 0.311 e. The maximum atomic E-state index is 12.3. The molecule has 0 saturated carbocycles. The summed E-state index contributed by atoms with van der Waals surface area (Å²) in [6, 6.07) is 3.42. The van der Waals surface area contributed by atoms with E-state index in [-0.39, 0.29) is 12.5 Å². The Morgan fingerprint density at radius 1 is 1.53 bits per heavy atom. The maximum absolute atomic E-state index is 12.3. The van der Waals surface area contributed by atoms with Crippen molar-refractivity contribution in [2.24, 2.45) is 5.41 Å². The minimum absolute atomic E-state index is 0.133. The quantitative estimate of drug-likeness (QED) is 0.901. The third-order valence-corrected chi connectivity index (χ3v) is 3.90. The number of rotatable bonds is 3. The summed E-state index contributed by atoms with van der Waals surface area (Å²) in [7, 11) is 0. The van der Waals surface area contributed by atoms with Crippen molar-refractivity contribution < 1.29 is 14.7 Å². The molecule has 102 valence electrons. The Morgan fingerprint density at radius 2 is 2.32 bits per heavy atom. The van der Waals surface area contributed by atoms with Crippen LogP contribution in [0.3, 0.4) is 0 Å². The first kappa shape index (κ1) is 13.5. The van der Waals surface area contributed by atoms with Gasteiger partial charge in [0.25, 0.3) is 5.91 Å². The average molecular weight is 262 g/mol. The molecule has 5 nitrogen and oxygen atoms in total. The van der Waals surface area contributed by atoms with E-state index in [2.05, 4.69) is 4.98 Å². The second-order valence-corrected chi connectivity index (χ2v) is 5.01. The molecule has 5 heteroatoms. The van der Waals surface area contributed by atoms with Gasteiger partial charge in [0.1, 0.15) is 0 Å². The van der Waals surface area contributed by atoms with Gasteiger partial charge in [0, 0.05) is 25.5 Å². The van der Waals surface area contributed by atoms with Crippen LogP contribution in [0.5, 0.6) is 0 Å². The third-order valence-electron chi connectivity index (χ3n) is 3.90. The minimum atomic E-state index is -0.807. The lowest BCUT2D eigenvalue weighted by atomic mass is 9.77. The summed E-state index contributed by atoms with van der Waals surface area (Å²) < 4.78 is 0. The summed E-state index contributed by atoms with van der Waals surface area (Å²) in [5.41, 5.74) is -0.282. The molecule has 0 aromatic carbocycles. The first-order valence-electron chi connectivity index (χ1n) is 6.52. The molecule has 1 N–H and O–H groups in total. The Bertz CT molecular complexity index is 475. The van der Waals surface area contributed by atoms with E-state index >= 15 is 0 Å². The van der Waals surface area contributed by atoms with Crippen LogP contribution in [0.25, 0.3) is 0 Å². The van der Waals surface area contributed by atoms with E-state index in [0.29, 0.717) is 24.9 Å². The Kier molecular flexibility index (Phi) is 3.83. The van der Waals surface area contributed by atoms with Gasteiger partial charge in [-0.25, -0.2) is 0 Å². The predicted octanol–water partition coefficient (Wildman–Crippen LogP) is 1.80. The van der Waals surface area contributed by atoms with Crippen LogP contribution in [-0.2, 0) is 4.79 Å². The van der Waals surface area contributed by atoms with E-state index in [0.717, 1.165) is 6.42 Å². The molecule has 2 heterocycles. The van der Waals surface area contributed by atoms with E-state index in [1.54, 1.807) is 23.2 Å². The summed E-state index contributed by atoms with van der Waals surface area (Å²) in [6.45, 7) is 2.77. The van der Waals surface area contributed by atoms with Crippen molar-refractivity contribution in [2.45, 2.75) is 26.2 Å². The number of nitrogens with zero attached hydrogens (tertiary/aromatic N) is 2. The van der Waals surface area contributed by atoms with Crippen LogP contribution in [0.1, 0.15) is 36.5 Å². The molecule has 1 aliphatic heterocycles. The van der Waals surface area contributed by atoms with Crippen molar-refractivity contribution >= 4 is 11.9 Å². The van der Waals surface area contributed by atoms with Gasteiger partial charge >= 0.3 is 5.97 Å². The predicted molar refractivity (Wildman–Crippen MR) is 69.7 cm³/mol. The van der Waals surface area contributed by atoms with Gasteiger partial charge in [-0.1, -0.05) is 6.92 Å². The van der Waals surface area contributed by atoms with Crippen LogP contribution in [0, 0.1) is 5.41 Å². The number of carbonyl (C=O) groups excluding carboxylic acids is 1. The van der Waals surface area contributed by atoms with Gasteiger partial charge < -0.3 is 10.0 Å². The number of aliphatic carboxylic acids is 1. The zero-order chi connectivity index (χ0) is 13.9. The number of carboxylic acid groups (broad SMARTS) is 1. The van der Waals surface area contributed by atoms with Gasteiger partial charge in [-0.2, -0.15) is 0 Å². The lowest BCUT2D eigenvalue weighted by Crippen LogP contribution is -2.49. The lowest BCUT2D eigenvalue weighted by Gasteiger charge is -2.39. The van der Waals surface area contributed by atoms with Crippen molar-refractivity contribution in [1.82, 2.24) is 9.88 Å². The number of carboxylic acids is 1. The molecule has 1 aliphatic rings. The van der Waals surface area contributed by atoms with E-state index in [9.17, 15) is 14.7 Å². The fourth-order valence-electron chi connectivity index (χ4n) is 2.59. The molecule has 0 aliphatic carbocycles. The van der Waals surface area contributed by atoms with Crippen LogP contribution in [0.2, 0.25) is 0 Å². The highest BCUT2D eigenvalue weighted by molar-refractivity contribution is 5.94. The average Bonchev–Trinajstić information content (AvgIpc) is 2.47. The first-order valence-corrected chi connectivity index (χ1v) is 6.52. The molecule has 1 unspecified atom stereocenters. The minimum Gasteiger partial charge on any atom is -0.481 e. The number of amides is 1. The van der Waals surface area contributed by atoms with E-state index in [1.807, 2.05) is 6.92 Å². The normalized spacial score (nSPS) is 23.1. The fourth-order valence-corrected chi connectivity index (χ4v) is 2.59. The van der Waals surface area contributed by atoms with E-state index < -0.39 is 11.4 Å². The number of carbonyl (C=O) groups is 2. The molecule has 0 radical (unpaired) electrons. The Hall–Kier alpha value is -1.91. The number of hydrogen-bond acceptors (Lipinski definition) is 3. The van der Waals surface area contributed by atoms with Crippen molar-refractivity contribution in [1.29, 1.82) is 0 Å². The van der Waals surface area contributed by atoms with Crippen LogP contribution in [0.15, 0.2) is 24.5 Å². The Morgan fingerprint density at radius 3 is 2.89 bits per heavy atom. The van der Waals surface area contributed by atoms with Crippen LogP contribution in [0.4, 0.5) is 0 Å². The molecule has 19 heavy (non-hydrogen) atoms. The second-order valence-electron chi connectivity index (χ2n) is 5.01. The Labute approximate surface area is 112 Å². The van der Waals surface area contributed by atoms with Crippen molar-refractivity contribution in [3.8, 4) is 0 Å². The largest absolute Gasteiger partial charge is 0.481 e. The zero-order valence-corrected chi connectivity index (χ0v) is 11.0. The molecule has 0 spiro atoms. The number of pyridine rings is 1. The monoisotopic (exact) mass is 262 g/mol. The lowest BCUT2D eigenvalue weighted by molar-refractivity contribution is -0.152. The molecule has 1 atom stereocenters. The summed E-state index contributed by atoms with van der Waals surface area (Å²) >= 11 is 0. The third kappa shape index (κ3) is 2.59. The molecule has 1 amide bonds. The van der Waals surface area contributed by atoms with Gasteiger partial charge in [0.15, 0.2) is 0 Å². The van der Waals surface area contributed by atoms with Crippen molar-refractivity contribution in [3.05, 3.63) is 30.1 Å². The SMILES string of the molecule is CCC1(C(=O)O)CCCN(C(=O)c2cccnc2)C1. The second kappa shape index (κ2) is 5.38. The van der Waals surface area contributed by atoms with Gasteiger partial charge in [-0.3, -0.25) is 14.6 Å². The Balaban J connectivity index is 2.18. The van der Waals surface area contributed by atoms with Crippen LogP contribution >= 0.6 is 0 Å². The molecule has 2 rings (SSSR count). The topological polar surface area (TPSA) is 70.5 Å². The summed E-state index contributed by atoms with van der Waals surface area (Å²) in [4.78, 5) is 29.3. The summed E-state index contributed by atoms with van der Waals surface area (Å²) in [5.74, 6) is -0.939. The molecular formula is C14H18N2O3. The highest BCUT2D eigenvalue weighted by Crippen LogP contribution is 2.34. The zero-order valence-electron chi connectivity index (χ0n) is 11.0. The number of likely N-dealkylation sites (tertiary alicyclic amines) is 1. The highest BCUT2D eigenvalue weighted by atomic mass is 16.4. The van der Waals surface area contributed by atoms with Gasteiger partial charge in [0.2, 0.25) is 0 Å². The molecule has 1 aromatic rings. The van der Waals surface area contributed by atoms with Crippen molar-refractivity contribution in [3.63, 3.8) is 0 Å². The first-order chi connectivity index (χ1) is 9.09. The van der Waals surface area contributed by atoms with E-state index in [1.165, 1.54) is 6.20 Å². The fraction of sp³-hybridized carbons (Fsp3) is 0.500. The molecule has 1 saturated heterocycles. The van der Waals surface area contributed by atoms with Gasteiger partial charge in [-0.05, 0) is 31.4 Å². The number of aromatic nitrogens is 1. The summed E-state index contributed by atoms with van der Waals surface area (Å²) in [5, 5.41) is 9.41. The molecule has 0 bridgehead atoms. The van der Waals surface area contributed by atoms with Crippen LogP contribution in [-0.4, -0.2) is 40.0 Å².